The number of hydrogen-bond acceptors (Lipinski definition) is 6. The van der Waals surface area contributed by atoms with Crippen LogP contribution in [0.4, 0.5) is 5.69 Å². The van der Waals surface area contributed by atoms with Crippen molar-refractivity contribution in [1.82, 2.24) is 14.8 Å². The molecule has 0 amide bonds. The number of alkyl halides is 3. The van der Waals surface area contributed by atoms with Gasteiger partial charge in [-0.25, -0.2) is 9.67 Å². The molecule has 1 heterocycles. The molecule has 0 unspecified atom stereocenters. The molecule has 23 heavy (non-hydrogen) atoms. The molecule has 0 aliphatic rings. The minimum Gasteiger partial charge on any atom is -0.411 e. The van der Waals surface area contributed by atoms with Crippen LogP contribution in [0.1, 0.15) is 18.0 Å². The highest BCUT2D eigenvalue weighted by Crippen LogP contribution is 2.40. The van der Waals surface area contributed by atoms with E-state index in [0.717, 1.165) is 0 Å². The number of nitro groups is 1. The normalized spacial score (nSPS) is 13.8. The summed E-state index contributed by atoms with van der Waals surface area (Å²) in [6.07, 6.45) is 2.68. The second-order valence-corrected chi connectivity index (χ2v) is 6.86. The molecule has 1 N–H and O–H groups in total. The van der Waals surface area contributed by atoms with Gasteiger partial charge in [0.25, 0.3) is 5.69 Å². The molecule has 2 aromatic rings. The van der Waals surface area contributed by atoms with Crippen molar-refractivity contribution in [1.29, 1.82) is 0 Å². The van der Waals surface area contributed by atoms with Gasteiger partial charge in [0.05, 0.1) is 10.6 Å². The molecular weight excluding hydrogens is 369 g/mol. The van der Waals surface area contributed by atoms with E-state index in [2.05, 4.69) is 15.2 Å². The standard InChI is InChI=1S/C12H10Cl3N5O3/c13-12(14,15)11(19-7-16-6-17-19)5-10(18-21)8-1-3-9(4-2-8)20(22)23/h1-4,6-7,11,21H,5H2/b18-10+/t11-/m1/s1. The number of non-ortho nitro benzene ring substituents is 1. The third-order valence-electron chi connectivity index (χ3n) is 3.05. The summed E-state index contributed by atoms with van der Waals surface area (Å²) in [5.41, 5.74) is 0.560. The number of oxime groups is 1. The molecule has 1 aromatic carbocycles. The predicted octanol–water partition coefficient (Wildman–Crippen LogP) is 3.37. The zero-order valence-electron chi connectivity index (χ0n) is 11.4. The highest BCUT2D eigenvalue weighted by atomic mass is 35.6. The Balaban J connectivity index is 2.28. The van der Waals surface area contributed by atoms with Gasteiger partial charge in [-0.1, -0.05) is 40.0 Å². The molecule has 0 saturated heterocycles. The first-order valence-electron chi connectivity index (χ1n) is 6.19. The number of halogens is 3. The van der Waals surface area contributed by atoms with E-state index in [1.54, 1.807) is 0 Å². The van der Waals surface area contributed by atoms with Crippen LogP contribution in [-0.2, 0) is 0 Å². The van der Waals surface area contributed by atoms with Crippen LogP contribution in [0.25, 0.3) is 0 Å². The third kappa shape index (κ3) is 4.31. The van der Waals surface area contributed by atoms with Gasteiger partial charge in [-0.15, -0.1) is 0 Å². The zero-order chi connectivity index (χ0) is 17.0. The van der Waals surface area contributed by atoms with Gasteiger partial charge >= 0.3 is 0 Å². The summed E-state index contributed by atoms with van der Waals surface area (Å²) in [5, 5.41) is 27.1. The highest BCUT2D eigenvalue weighted by Gasteiger charge is 2.36. The molecule has 0 spiro atoms. The van der Waals surface area contributed by atoms with Gasteiger partial charge in [0.15, 0.2) is 0 Å². The lowest BCUT2D eigenvalue weighted by atomic mass is 10.0. The minimum absolute atomic E-state index is 0.0220. The van der Waals surface area contributed by atoms with Gasteiger partial charge in [-0.2, -0.15) is 5.10 Å². The Morgan fingerprint density at radius 1 is 1.39 bits per heavy atom. The monoisotopic (exact) mass is 377 g/mol. The SMILES string of the molecule is O=[N+]([O-])c1ccc(/C(C[C@@H](n2cncn2)C(Cl)(Cl)Cl)=N/O)cc1. The first-order chi connectivity index (χ1) is 10.8. The molecular formula is C12H10Cl3N5O3. The maximum absolute atomic E-state index is 10.7. The molecule has 8 nitrogen and oxygen atoms in total. The summed E-state index contributed by atoms with van der Waals surface area (Å²) in [5.74, 6) is 0. The first kappa shape index (κ1) is 17.5. The topological polar surface area (TPSA) is 106 Å². The Kier molecular flexibility index (Phi) is 5.40. The van der Waals surface area contributed by atoms with E-state index in [9.17, 15) is 15.3 Å². The van der Waals surface area contributed by atoms with E-state index >= 15 is 0 Å². The number of nitro benzene ring substituents is 1. The molecule has 0 radical (unpaired) electrons. The minimum atomic E-state index is -1.73. The molecule has 1 atom stereocenters. The van der Waals surface area contributed by atoms with Crippen LogP contribution in [0.15, 0.2) is 42.1 Å². The van der Waals surface area contributed by atoms with Crippen molar-refractivity contribution in [2.45, 2.75) is 16.3 Å². The smallest absolute Gasteiger partial charge is 0.269 e. The number of benzene rings is 1. The average molecular weight is 379 g/mol. The van der Waals surface area contributed by atoms with Crippen molar-refractivity contribution in [3.8, 4) is 0 Å². The van der Waals surface area contributed by atoms with Gasteiger partial charge in [0.2, 0.25) is 3.79 Å². The maximum atomic E-state index is 10.7. The summed E-state index contributed by atoms with van der Waals surface area (Å²) in [4.78, 5) is 13.9. The molecule has 1 aromatic heterocycles. The molecule has 0 aliphatic carbocycles. The molecule has 11 heteroatoms. The van der Waals surface area contributed by atoms with E-state index in [1.165, 1.54) is 41.6 Å². The van der Waals surface area contributed by atoms with Crippen LogP contribution in [0.3, 0.4) is 0 Å². The van der Waals surface area contributed by atoms with Gasteiger partial charge < -0.3 is 5.21 Å². The summed E-state index contributed by atoms with van der Waals surface area (Å²) in [6, 6.07) is 4.70. The lowest BCUT2D eigenvalue weighted by Crippen LogP contribution is -2.27. The molecule has 0 fully saturated rings. The van der Waals surface area contributed by atoms with Crippen LogP contribution < -0.4 is 0 Å². The average Bonchev–Trinajstić information content (AvgIpc) is 3.01. The highest BCUT2D eigenvalue weighted by molar-refractivity contribution is 6.68. The van der Waals surface area contributed by atoms with E-state index in [4.69, 9.17) is 34.8 Å². The van der Waals surface area contributed by atoms with Crippen molar-refractivity contribution < 1.29 is 10.1 Å². The van der Waals surface area contributed by atoms with Gasteiger partial charge in [-0.05, 0) is 17.7 Å². The quantitative estimate of drug-likeness (QED) is 0.282. The molecule has 0 bridgehead atoms. The van der Waals surface area contributed by atoms with Crippen LogP contribution in [0, 0.1) is 10.1 Å². The summed E-state index contributed by atoms with van der Waals surface area (Å²) in [7, 11) is 0. The Morgan fingerprint density at radius 2 is 2.04 bits per heavy atom. The molecule has 0 saturated carbocycles. The van der Waals surface area contributed by atoms with Crippen molar-refractivity contribution in [2.75, 3.05) is 0 Å². The fraction of sp³-hybridized carbons (Fsp3) is 0.250. The summed E-state index contributed by atoms with van der Waals surface area (Å²) < 4.78 is -0.395. The predicted molar refractivity (Wildman–Crippen MR) is 85.4 cm³/mol. The Labute approximate surface area is 145 Å². The molecule has 122 valence electrons. The Hall–Kier alpha value is -1.90. The summed E-state index contributed by atoms with van der Waals surface area (Å²) >= 11 is 17.9. The van der Waals surface area contributed by atoms with E-state index in [-0.39, 0.29) is 17.8 Å². The molecule has 0 aliphatic heterocycles. The van der Waals surface area contributed by atoms with Gasteiger partial charge in [-0.3, -0.25) is 10.1 Å². The van der Waals surface area contributed by atoms with Crippen molar-refractivity contribution >= 4 is 46.2 Å². The Bertz CT molecular complexity index is 698. The van der Waals surface area contributed by atoms with Crippen molar-refractivity contribution in [3.05, 3.63) is 52.6 Å². The van der Waals surface area contributed by atoms with Gasteiger partial charge in [0.1, 0.15) is 18.7 Å². The molecule has 2 rings (SSSR count). The van der Waals surface area contributed by atoms with Crippen molar-refractivity contribution in [2.24, 2.45) is 5.16 Å². The second kappa shape index (κ2) is 7.12. The van der Waals surface area contributed by atoms with E-state index in [0.29, 0.717) is 5.56 Å². The fourth-order valence-electron chi connectivity index (χ4n) is 1.91. The van der Waals surface area contributed by atoms with Crippen LogP contribution in [-0.4, -0.2) is 34.4 Å². The first-order valence-corrected chi connectivity index (χ1v) is 7.33. The Morgan fingerprint density at radius 3 is 2.48 bits per heavy atom. The fourth-order valence-corrected chi connectivity index (χ4v) is 2.44. The second-order valence-electron chi connectivity index (χ2n) is 4.49. The maximum Gasteiger partial charge on any atom is 0.269 e. The van der Waals surface area contributed by atoms with Crippen LogP contribution in [0.2, 0.25) is 0 Å². The number of hydrogen-bond donors (Lipinski definition) is 1. The number of nitrogens with zero attached hydrogens (tertiary/aromatic N) is 5. The largest absolute Gasteiger partial charge is 0.411 e. The third-order valence-corrected chi connectivity index (χ3v) is 3.81. The van der Waals surface area contributed by atoms with E-state index in [1.807, 2.05) is 0 Å². The zero-order valence-corrected chi connectivity index (χ0v) is 13.7. The number of aromatic nitrogens is 3. The van der Waals surface area contributed by atoms with Gasteiger partial charge in [0, 0.05) is 18.6 Å². The van der Waals surface area contributed by atoms with E-state index < -0.39 is 14.8 Å². The van der Waals surface area contributed by atoms with Crippen LogP contribution >= 0.6 is 34.8 Å². The summed E-state index contributed by atoms with van der Waals surface area (Å²) in [6.45, 7) is 0. The van der Waals surface area contributed by atoms with Crippen LogP contribution in [0.5, 0.6) is 0 Å². The number of rotatable bonds is 5. The lowest BCUT2D eigenvalue weighted by Gasteiger charge is -2.24. The lowest BCUT2D eigenvalue weighted by molar-refractivity contribution is -0.384. The van der Waals surface area contributed by atoms with Crippen molar-refractivity contribution in [3.63, 3.8) is 0 Å².